The molecule has 0 atom stereocenters. The number of H-pyrrole nitrogens is 1. The number of anilines is 2. The normalized spacial score (nSPS) is 11.0. The summed E-state index contributed by atoms with van der Waals surface area (Å²) in [5, 5.41) is 21.4. The second-order valence-electron chi connectivity index (χ2n) is 5.44. The lowest BCUT2D eigenvalue weighted by atomic mass is 10.2. The number of nitrogens with zero attached hydrogens (tertiary/aromatic N) is 1. The summed E-state index contributed by atoms with van der Waals surface area (Å²) in [5.74, 6) is 1.02. The van der Waals surface area contributed by atoms with E-state index in [-0.39, 0.29) is 5.75 Å². The highest BCUT2D eigenvalue weighted by Crippen LogP contribution is 2.33. The molecule has 0 fully saturated rings. The molecule has 23 heavy (non-hydrogen) atoms. The molecular formula is C18H15N3OS. The van der Waals surface area contributed by atoms with Crippen molar-refractivity contribution in [3.63, 3.8) is 0 Å². The number of phenols is 1. The van der Waals surface area contributed by atoms with Crippen LogP contribution in [0.5, 0.6) is 5.75 Å². The van der Waals surface area contributed by atoms with Crippen molar-refractivity contribution in [3.8, 4) is 16.3 Å². The van der Waals surface area contributed by atoms with Crippen LogP contribution in [0.3, 0.4) is 0 Å². The highest BCUT2D eigenvalue weighted by molar-refractivity contribution is 7.22. The van der Waals surface area contributed by atoms with Crippen molar-refractivity contribution >= 4 is 32.9 Å². The van der Waals surface area contributed by atoms with Crippen LogP contribution in [-0.4, -0.2) is 15.3 Å². The SMILES string of the molecule is Cc1cc(O)ccc1Nc1cc(-c2cc3ccccc3s2)[nH]n1. The molecule has 0 amide bonds. The molecule has 5 heteroatoms. The summed E-state index contributed by atoms with van der Waals surface area (Å²) in [5.41, 5.74) is 2.89. The van der Waals surface area contributed by atoms with Gasteiger partial charge in [-0.1, -0.05) is 18.2 Å². The van der Waals surface area contributed by atoms with Gasteiger partial charge < -0.3 is 10.4 Å². The zero-order valence-electron chi connectivity index (χ0n) is 12.5. The van der Waals surface area contributed by atoms with Gasteiger partial charge in [-0.05, 0) is 48.2 Å². The molecule has 0 spiro atoms. The molecule has 2 heterocycles. The number of nitrogens with one attached hydrogen (secondary N) is 2. The van der Waals surface area contributed by atoms with Crippen LogP contribution >= 0.6 is 11.3 Å². The number of aromatic nitrogens is 2. The molecule has 4 rings (SSSR count). The van der Waals surface area contributed by atoms with Gasteiger partial charge in [0.25, 0.3) is 0 Å². The first kappa shape index (κ1) is 13.8. The van der Waals surface area contributed by atoms with E-state index >= 15 is 0 Å². The molecule has 0 saturated heterocycles. The van der Waals surface area contributed by atoms with Gasteiger partial charge in [-0.15, -0.1) is 11.3 Å². The average molecular weight is 321 g/mol. The summed E-state index contributed by atoms with van der Waals surface area (Å²) < 4.78 is 1.26. The predicted molar refractivity (Wildman–Crippen MR) is 95.5 cm³/mol. The fraction of sp³-hybridized carbons (Fsp3) is 0.0556. The van der Waals surface area contributed by atoms with E-state index < -0.39 is 0 Å². The number of hydrogen-bond acceptors (Lipinski definition) is 4. The van der Waals surface area contributed by atoms with E-state index in [1.165, 1.54) is 10.1 Å². The van der Waals surface area contributed by atoms with Crippen molar-refractivity contribution in [1.29, 1.82) is 0 Å². The van der Waals surface area contributed by atoms with Crippen LogP contribution in [-0.2, 0) is 0 Å². The highest BCUT2D eigenvalue weighted by atomic mass is 32.1. The van der Waals surface area contributed by atoms with E-state index in [2.05, 4.69) is 39.8 Å². The zero-order chi connectivity index (χ0) is 15.8. The van der Waals surface area contributed by atoms with E-state index in [1.54, 1.807) is 23.5 Å². The largest absolute Gasteiger partial charge is 0.508 e. The third-order valence-electron chi connectivity index (χ3n) is 3.74. The Kier molecular flexibility index (Phi) is 3.28. The molecule has 0 aliphatic heterocycles. The fourth-order valence-electron chi connectivity index (χ4n) is 2.55. The summed E-state index contributed by atoms with van der Waals surface area (Å²) in [4.78, 5) is 1.16. The minimum atomic E-state index is 0.265. The van der Waals surface area contributed by atoms with Gasteiger partial charge in [-0.25, -0.2) is 0 Å². The third-order valence-corrected chi connectivity index (χ3v) is 4.89. The van der Waals surface area contributed by atoms with Crippen LogP contribution in [0.2, 0.25) is 0 Å². The van der Waals surface area contributed by atoms with Crippen LogP contribution in [0.25, 0.3) is 20.7 Å². The second kappa shape index (κ2) is 5.44. The number of benzene rings is 2. The number of aromatic hydroxyl groups is 1. The van der Waals surface area contributed by atoms with Gasteiger partial charge in [-0.3, -0.25) is 5.10 Å². The monoisotopic (exact) mass is 321 g/mol. The van der Waals surface area contributed by atoms with Crippen LogP contribution in [0, 0.1) is 6.92 Å². The van der Waals surface area contributed by atoms with E-state index in [1.807, 2.05) is 25.1 Å². The van der Waals surface area contributed by atoms with Gasteiger partial charge in [-0.2, -0.15) is 5.10 Å². The summed E-state index contributed by atoms with van der Waals surface area (Å²) in [6.07, 6.45) is 0. The fourth-order valence-corrected chi connectivity index (χ4v) is 3.58. The maximum Gasteiger partial charge on any atom is 0.152 e. The second-order valence-corrected chi connectivity index (χ2v) is 6.52. The number of thiophene rings is 1. The van der Waals surface area contributed by atoms with Gasteiger partial charge >= 0.3 is 0 Å². The molecule has 0 radical (unpaired) electrons. The molecule has 0 bridgehead atoms. The standard InChI is InChI=1S/C18H15N3OS/c1-11-8-13(22)6-7-14(11)19-18-10-15(20-21-18)17-9-12-4-2-3-5-16(12)23-17/h2-10,22H,1H3,(H2,19,20,21). The molecule has 0 saturated carbocycles. The van der Waals surface area contributed by atoms with Crippen LogP contribution in [0.15, 0.2) is 54.6 Å². The Morgan fingerprint density at radius 2 is 1.96 bits per heavy atom. The summed E-state index contributed by atoms with van der Waals surface area (Å²) >= 11 is 1.74. The van der Waals surface area contributed by atoms with Gasteiger partial charge in [0, 0.05) is 16.5 Å². The zero-order valence-corrected chi connectivity index (χ0v) is 13.3. The Balaban J connectivity index is 1.63. The third kappa shape index (κ3) is 2.66. The quantitative estimate of drug-likeness (QED) is 0.463. The van der Waals surface area contributed by atoms with Crippen molar-refractivity contribution in [2.75, 3.05) is 5.32 Å². The molecule has 2 aromatic heterocycles. The number of phenolic OH excluding ortho intramolecular Hbond substituents is 1. The van der Waals surface area contributed by atoms with Gasteiger partial charge in [0.15, 0.2) is 5.82 Å². The molecule has 4 nitrogen and oxygen atoms in total. The first-order valence-corrected chi connectivity index (χ1v) is 8.12. The van der Waals surface area contributed by atoms with E-state index in [4.69, 9.17) is 0 Å². The topological polar surface area (TPSA) is 60.9 Å². The van der Waals surface area contributed by atoms with Crippen LogP contribution in [0.1, 0.15) is 5.56 Å². The number of hydrogen-bond donors (Lipinski definition) is 3. The summed E-state index contributed by atoms with van der Waals surface area (Å²) in [7, 11) is 0. The average Bonchev–Trinajstić information content (AvgIpc) is 3.16. The molecule has 0 unspecified atom stereocenters. The van der Waals surface area contributed by atoms with E-state index in [0.29, 0.717) is 0 Å². The van der Waals surface area contributed by atoms with Crippen molar-refractivity contribution in [3.05, 3.63) is 60.2 Å². The van der Waals surface area contributed by atoms with E-state index in [9.17, 15) is 5.11 Å². The lowest BCUT2D eigenvalue weighted by Crippen LogP contribution is -1.92. The van der Waals surface area contributed by atoms with Crippen molar-refractivity contribution in [2.24, 2.45) is 0 Å². The minimum Gasteiger partial charge on any atom is -0.508 e. The first-order chi connectivity index (χ1) is 11.2. The molecule has 0 aliphatic carbocycles. The summed E-state index contributed by atoms with van der Waals surface area (Å²) in [6, 6.07) is 17.7. The maximum atomic E-state index is 9.48. The number of rotatable bonds is 3. The molecule has 3 N–H and O–H groups in total. The van der Waals surface area contributed by atoms with Gasteiger partial charge in [0.05, 0.1) is 10.6 Å². The van der Waals surface area contributed by atoms with Crippen LogP contribution < -0.4 is 5.32 Å². The maximum absolute atomic E-state index is 9.48. The summed E-state index contributed by atoms with van der Waals surface area (Å²) in [6.45, 7) is 1.95. The van der Waals surface area contributed by atoms with Crippen molar-refractivity contribution in [2.45, 2.75) is 6.92 Å². The molecular weight excluding hydrogens is 306 g/mol. The van der Waals surface area contributed by atoms with Gasteiger partial charge in [0.1, 0.15) is 5.75 Å². The van der Waals surface area contributed by atoms with Crippen molar-refractivity contribution < 1.29 is 5.11 Å². The Bertz CT molecular complexity index is 954. The Morgan fingerprint density at radius 1 is 1.09 bits per heavy atom. The lowest BCUT2D eigenvalue weighted by molar-refractivity contribution is 0.475. The number of aromatic amines is 1. The highest BCUT2D eigenvalue weighted by Gasteiger charge is 2.08. The van der Waals surface area contributed by atoms with Crippen molar-refractivity contribution in [1.82, 2.24) is 10.2 Å². The molecule has 4 aromatic rings. The predicted octanol–water partition coefficient (Wildman–Crippen LogP) is 5.05. The molecule has 0 aliphatic rings. The minimum absolute atomic E-state index is 0.265. The van der Waals surface area contributed by atoms with Crippen LogP contribution in [0.4, 0.5) is 11.5 Å². The Morgan fingerprint density at radius 3 is 2.78 bits per heavy atom. The Labute approximate surface area is 137 Å². The molecule has 114 valence electrons. The smallest absolute Gasteiger partial charge is 0.152 e. The number of aryl methyl sites for hydroxylation is 1. The first-order valence-electron chi connectivity index (χ1n) is 7.30. The molecule has 2 aromatic carbocycles. The van der Waals surface area contributed by atoms with E-state index in [0.717, 1.165) is 27.6 Å². The van der Waals surface area contributed by atoms with Gasteiger partial charge in [0.2, 0.25) is 0 Å². The Hall–Kier alpha value is -2.79. The number of fused-ring (bicyclic) bond motifs is 1. The lowest BCUT2D eigenvalue weighted by Gasteiger charge is -2.06.